The Balaban J connectivity index is 2.14. The van der Waals surface area contributed by atoms with Gasteiger partial charge in [0.05, 0.1) is 18.0 Å². The van der Waals surface area contributed by atoms with Gasteiger partial charge in [0, 0.05) is 17.9 Å². The second kappa shape index (κ2) is 4.44. The van der Waals surface area contributed by atoms with Crippen molar-refractivity contribution in [1.82, 2.24) is 9.55 Å². The summed E-state index contributed by atoms with van der Waals surface area (Å²) in [4.78, 5) is 4.67. The zero-order valence-electron chi connectivity index (χ0n) is 10.6. The number of hydrogen-bond donors (Lipinski definition) is 1. The quantitative estimate of drug-likeness (QED) is 0.902. The van der Waals surface area contributed by atoms with E-state index in [2.05, 4.69) is 41.6 Å². The fourth-order valence-corrected chi connectivity index (χ4v) is 3.28. The zero-order valence-corrected chi connectivity index (χ0v) is 11.4. The summed E-state index contributed by atoms with van der Waals surface area (Å²) >= 11 is 1.76. The Kier molecular flexibility index (Phi) is 2.92. The summed E-state index contributed by atoms with van der Waals surface area (Å²) in [5.41, 5.74) is 5.52. The molecule has 0 spiro atoms. The summed E-state index contributed by atoms with van der Waals surface area (Å²) in [6, 6.07) is 6.35. The molecule has 18 heavy (non-hydrogen) atoms. The Morgan fingerprint density at radius 3 is 2.89 bits per heavy atom. The Morgan fingerprint density at radius 1 is 1.33 bits per heavy atom. The van der Waals surface area contributed by atoms with Gasteiger partial charge in [-0.2, -0.15) is 0 Å². The van der Waals surface area contributed by atoms with Crippen molar-refractivity contribution in [2.24, 2.45) is 0 Å². The summed E-state index contributed by atoms with van der Waals surface area (Å²) in [5.74, 6) is 1.06. The molecule has 94 valence electrons. The highest BCUT2D eigenvalue weighted by Crippen LogP contribution is 2.33. The molecule has 0 saturated heterocycles. The van der Waals surface area contributed by atoms with Crippen molar-refractivity contribution in [1.29, 1.82) is 0 Å². The first-order valence-electron chi connectivity index (χ1n) is 6.11. The van der Waals surface area contributed by atoms with Gasteiger partial charge in [0.2, 0.25) is 0 Å². The van der Waals surface area contributed by atoms with E-state index < -0.39 is 0 Å². The third-order valence-corrected chi connectivity index (χ3v) is 4.47. The van der Waals surface area contributed by atoms with E-state index in [1.165, 1.54) is 11.1 Å². The van der Waals surface area contributed by atoms with Crippen molar-refractivity contribution in [3.63, 3.8) is 0 Å². The molecule has 0 bridgehead atoms. The maximum Gasteiger partial charge on any atom is 0.168 e. The standard InChI is InChI=1S/C14H16N2OS/c1-9-3-4-11(7-10(9)2)13-12(8-17)16-5-6-18-14(16)15-13/h3-4,7,17H,5-6,8H2,1-2H3. The van der Waals surface area contributed by atoms with E-state index in [1.807, 2.05) is 0 Å². The summed E-state index contributed by atoms with van der Waals surface area (Å²) in [6.45, 7) is 5.22. The van der Waals surface area contributed by atoms with Gasteiger partial charge in [-0.15, -0.1) is 0 Å². The molecule has 2 heterocycles. The van der Waals surface area contributed by atoms with Gasteiger partial charge in [0.1, 0.15) is 0 Å². The second-order valence-electron chi connectivity index (χ2n) is 4.65. The molecule has 3 nitrogen and oxygen atoms in total. The number of rotatable bonds is 2. The summed E-state index contributed by atoms with van der Waals surface area (Å²) in [5, 5.41) is 10.6. The number of aliphatic hydroxyl groups excluding tert-OH is 1. The minimum atomic E-state index is 0.0514. The Morgan fingerprint density at radius 2 is 2.17 bits per heavy atom. The largest absolute Gasteiger partial charge is 0.390 e. The molecule has 1 aliphatic heterocycles. The first-order valence-corrected chi connectivity index (χ1v) is 7.10. The average Bonchev–Trinajstić information content (AvgIpc) is 2.92. The van der Waals surface area contributed by atoms with Crippen molar-refractivity contribution in [3.05, 3.63) is 35.0 Å². The highest BCUT2D eigenvalue weighted by Gasteiger charge is 2.21. The van der Waals surface area contributed by atoms with Crippen LogP contribution in [0.2, 0.25) is 0 Å². The molecule has 4 heteroatoms. The molecule has 3 rings (SSSR count). The van der Waals surface area contributed by atoms with Crippen molar-refractivity contribution in [2.75, 3.05) is 5.75 Å². The van der Waals surface area contributed by atoms with E-state index in [0.717, 1.165) is 34.4 Å². The molecule has 1 aliphatic rings. The van der Waals surface area contributed by atoms with Gasteiger partial charge in [-0.3, -0.25) is 0 Å². The molecule has 0 atom stereocenters. The van der Waals surface area contributed by atoms with Crippen molar-refractivity contribution in [2.45, 2.75) is 32.2 Å². The minimum Gasteiger partial charge on any atom is -0.390 e. The molecular weight excluding hydrogens is 244 g/mol. The van der Waals surface area contributed by atoms with Crippen LogP contribution in [0, 0.1) is 13.8 Å². The zero-order chi connectivity index (χ0) is 12.7. The van der Waals surface area contributed by atoms with Crippen LogP contribution < -0.4 is 0 Å². The van der Waals surface area contributed by atoms with Gasteiger partial charge >= 0.3 is 0 Å². The monoisotopic (exact) mass is 260 g/mol. The number of hydrogen-bond acceptors (Lipinski definition) is 3. The lowest BCUT2D eigenvalue weighted by Gasteiger charge is -2.06. The van der Waals surface area contributed by atoms with Crippen LogP contribution in [0.15, 0.2) is 23.4 Å². The Bertz CT molecular complexity index is 604. The van der Waals surface area contributed by atoms with Crippen LogP contribution in [0.1, 0.15) is 16.8 Å². The maximum absolute atomic E-state index is 9.59. The summed E-state index contributed by atoms with van der Waals surface area (Å²) < 4.78 is 2.13. The summed E-state index contributed by atoms with van der Waals surface area (Å²) in [6.07, 6.45) is 0. The minimum absolute atomic E-state index is 0.0514. The first-order chi connectivity index (χ1) is 8.70. The van der Waals surface area contributed by atoms with E-state index in [1.54, 1.807) is 11.8 Å². The van der Waals surface area contributed by atoms with Gasteiger partial charge < -0.3 is 9.67 Å². The lowest BCUT2D eigenvalue weighted by molar-refractivity contribution is 0.271. The predicted molar refractivity (Wildman–Crippen MR) is 73.8 cm³/mol. The van der Waals surface area contributed by atoms with Crippen LogP contribution in [-0.4, -0.2) is 20.4 Å². The molecule has 1 N–H and O–H groups in total. The number of aromatic nitrogens is 2. The van der Waals surface area contributed by atoms with E-state index in [4.69, 9.17) is 0 Å². The number of thioether (sulfide) groups is 1. The number of benzene rings is 1. The lowest BCUT2D eigenvalue weighted by atomic mass is 10.0. The van der Waals surface area contributed by atoms with Gasteiger partial charge in [0.15, 0.2) is 5.16 Å². The number of nitrogens with zero attached hydrogens (tertiary/aromatic N) is 2. The fraction of sp³-hybridized carbons (Fsp3) is 0.357. The normalized spacial score (nSPS) is 13.9. The number of fused-ring (bicyclic) bond motifs is 1. The molecule has 1 aromatic carbocycles. The highest BCUT2D eigenvalue weighted by atomic mass is 32.2. The number of aliphatic hydroxyl groups is 1. The van der Waals surface area contributed by atoms with Crippen LogP contribution in [0.5, 0.6) is 0 Å². The van der Waals surface area contributed by atoms with Gasteiger partial charge in [-0.25, -0.2) is 4.98 Å². The van der Waals surface area contributed by atoms with Gasteiger partial charge in [-0.05, 0) is 31.0 Å². The third-order valence-electron chi connectivity index (χ3n) is 3.51. The first kappa shape index (κ1) is 11.8. The highest BCUT2D eigenvalue weighted by molar-refractivity contribution is 7.99. The van der Waals surface area contributed by atoms with E-state index in [0.29, 0.717) is 0 Å². The molecular formula is C14H16N2OS. The van der Waals surface area contributed by atoms with Crippen molar-refractivity contribution in [3.8, 4) is 11.3 Å². The maximum atomic E-state index is 9.59. The van der Waals surface area contributed by atoms with E-state index >= 15 is 0 Å². The van der Waals surface area contributed by atoms with Gasteiger partial charge in [-0.1, -0.05) is 23.9 Å². The third kappa shape index (κ3) is 1.76. The molecule has 2 aromatic rings. The van der Waals surface area contributed by atoms with Crippen molar-refractivity contribution >= 4 is 11.8 Å². The second-order valence-corrected chi connectivity index (χ2v) is 5.71. The molecule has 0 unspecified atom stereocenters. The molecule has 0 radical (unpaired) electrons. The molecule has 0 aliphatic carbocycles. The summed E-state index contributed by atoms with van der Waals surface area (Å²) in [7, 11) is 0. The van der Waals surface area contributed by atoms with Gasteiger partial charge in [0.25, 0.3) is 0 Å². The van der Waals surface area contributed by atoms with Crippen LogP contribution in [-0.2, 0) is 13.2 Å². The fourth-order valence-electron chi connectivity index (χ4n) is 2.31. The van der Waals surface area contributed by atoms with E-state index in [-0.39, 0.29) is 6.61 Å². The Labute approximate surface area is 111 Å². The van der Waals surface area contributed by atoms with Crippen molar-refractivity contribution < 1.29 is 5.11 Å². The Hall–Kier alpha value is -1.26. The van der Waals surface area contributed by atoms with Crippen LogP contribution in [0.3, 0.4) is 0 Å². The molecule has 1 aromatic heterocycles. The number of aryl methyl sites for hydroxylation is 2. The SMILES string of the molecule is Cc1ccc(-c2nc3n(c2CO)CCS3)cc1C. The molecule has 0 amide bonds. The number of imidazole rings is 1. The topological polar surface area (TPSA) is 38.0 Å². The van der Waals surface area contributed by atoms with Crippen LogP contribution in [0.25, 0.3) is 11.3 Å². The van der Waals surface area contributed by atoms with Crippen LogP contribution >= 0.6 is 11.8 Å². The molecule has 0 fully saturated rings. The predicted octanol–water partition coefficient (Wildman–Crippen LogP) is 2.76. The lowest BCUT2D eigenvalue weighted by Crippen LogP contribution is -2.01. The smallest absolute Gasteiger partial charge is 0.168 e. The van der Waals surface area contributed by atoms with Crippen LogP contribution in [0.4, 0.5) is 0 Å². The average molecular weight is 260 g/mol. The molecule has 0 saturated carbocycles. The van der Waals surface area contributed by atoms with E-state index in [9.17, 15) is 5.11 Å².